The van der Waals surface area contributed by atoms with Crippen molar-refractivity contribution < 1.29 is 19.0 Å². The van der Waals surface area contributed by atoms with Gasteiger partial charge in [0.1, 0.15) is 17.3 Å². The topological polar surface area (TPSA) is 63.9 Å². The van der Waals surface area contributed by atoms with Crippen molar-refractivity contribution in [3.05, 3.63) is 47.9 Å². The van der Waals surface area contributed by atoms with Crippen LogP contribution in [0.1, 0.15) is 30.4 Å². The summed E-state index contributed by atoms with van der Waals surface area (Å²) in [6.45, 7) is 2.36. The van der Waals surface area contributed by atoms with E-state index < -0.39 is 6.10 Å². The van der Waals surface area contributed by atoms with E-state index in [0.717, 1.165) is 5.76 Å². The van der Waals surface area contributed by atoms with Gasteiger partial charge in [-0.1, -0.05) is 0 Å². The second-order valence-corrected chi connectivity index (χ2v) is 4.77. The minimum atomic E-state index is -0.701. The van der Waals surface area contributed by atoms with E-state index in [0.29, 0.717) is 23.6 Å². The Hall–Kier alpha value is -1.98. The van der Waals surface area contributed by atoms with Gasteiger partial charge in [-0.3, -0.25) is 0 Å². The predicted octanol–water partition coefficient (Wildman–Crippen LogP) is 2.68. The van der Waals surface area contributed by atoms with Crippen LogP contribution in [0.4, 0.5) is 0 Å². The Morgan fingerprint density at radius 1 is 1.24 bits per heavy atom. The van der Waals surface area contributed by atoms with Crippen molar-refractivity contribution in [3.63, 3.8) is 0 Å². The molecule has 2 N–H and O–H groups in total. The first-order valence-corrected chi connectivity index (χ1v) is 6.82. The van der Waals surface area contributed by atoms with Crippen molar-refractivity contribution in [1.29, 1.82) is 0 Å². The lowest BCUT2D eigenvalue weighted by Gasteiger charge is -2.18. The number of nitrogens with one attached hydrogen (secondary N) is 1. The van der Waals surface area contributed by atoms with Crippen molar-refractivity contribution in [1.82, 2.24) is 5.32 Å². The van der Waals surface area contributed by atoms with Crippen LogP contribution in [0.3, 0.4) is 0 Å². The van der Waals surface area contributed by atoms with E-state index in [1.165, 1.54) is 0 Å². The Bertz CT molecular complexity index is 553. The number of rotatable bonds is 7. The number of ether oxygens (including phenoxy) is 2. The summed E-state index contributed by atoms with van der Waals surface area (Å²) in [5.74, 6) is 2.15. The summed E-state index contributed by atoms with van der Waals surface area (Å²) in [4.78, 5) is 0. The maximum absolute atomic E-state index is 10.4. The van der Waals surface area contributed by atoms with Crippen LogP contribution < -0.4 is 14.8 Å². The normalized spacial score (nSPS) is 13.7. The molecule has 21 heavy (non-hydrogen) atoms. The Kier molecular flexibility index (Phi) is 5.25. The molecule has 0 aliphatic rings. The van der Waals surface area contributed by atoms with Gasteiger partial charge in [0.15, 0.2) is 0 Å². The second-order valence-electron chi connectivity index (χ2n) is 4.77. The molecule has 1 aromatic carbocycles. The van der Waals surface area contributed by atoms with Crippen molar-refractivity contribution in [3.8, 4) is 11.5 Å². The molecule has 5 nitrogen and oxygen atoms in total. The summed E-state index contributed by atoms with van der Waals surface area (Å²) in [5.41, 5.74) is 0.691. The smallest absolute Gasteiger partial charge is 0.124 e. The van der Waals surface area contributed by atoms with Crippen LogP contribution in [0.2, 0.25) is 0 Å². The number of hydrogen-bond donors (Lipinski definition) is 2. The van der Waals surface area contributed by atoms with Gasteiger partial charge in [0.25, 0.3) is 0 Å². The van der Waals surface area contributed by atoms with Crippen LogP contribution in [-0.2, 0) is 0 Å². The first-order valence-electron chi connectivity index (χ1n) is 6.82. The van der Waals surface area contributed by atoms with E-state index in [1.807, 2.05) is 19.1 Å². The SMILES string of the molecule is COc1ccc(OC)c(C(O)CNC(C)c2ccco2)c1. The highest BCUT2D eigenvalue weighted by Crippen LogP contribution is 2.29. The van der Waals surface area contributed by atoms with E-state index in [2.05, 4.69) is 5.32 Å². The summed E-state index contributed by atoms with van der Waals surface area (Å²) in [5, 5.41) is 13.6. The van der Waals surface area contributed by atoms with Crippen molar-refractivity contribution >= 4 is 0 Å². The molecule has 2 unspecified atom stereocenters. The molecule has 0 aliphatic heterocycles. The van der Waals surface area contributed by atoms with Gasteiger partial charge in [0.05, 0.1) is 32.6 Å². The van der Waals surface area contributed by atoms with E-state index in [-0.39, 0.29) is 6.04 Å². The average molecular weight is 291 g/mol. The minimum Gasteiger partial charge on any atom is -0.497 e. The van der Waals surface area contributed by atoms with Gasteiger partial charge < -0.3 is 24.3 Å². The highest BCUT2D eigenvalue weighted by Gasteiger charge is 2.16. The van der Waals surface area contributed by atoms with Gasteiger partial charge in [0.2, 0.25) is 0 Å². The van der Waals surface area contributed by atoms with Crippen LogP contribution in [0, 0.1) is 0 Å². The van der Waals surface area contributed by atoms with E-state index in [1.54, 1.807) is 38.7 Å². The zero-order valence-electron chi connectivity index (χ0n) is 12.5. The lowest BCUT2D eigenvalue weighted by molar-refractivity contribution is 0.164. The maximum atomic E-state index is 10.4. The first-order chi connectivity index (χ1) is 10.2. The van der Waals surface area contributed by atoms with Crippen LogP contribution >= 0.6 is 0 Å². The Labute approximate surface area is 124 Å². The number of benzene rings is 1. The molecule has 0 saturated heterocycles. The summed E-state index contributed by atoms with van der Waals surface area (Å²) < 4.78 is 15.8. The van der Waals surface area contributed by atoms with E-state index in [9.17, 15) is 5.11 Å². The summed E-state index contributed by atoms with van der Waals surface area (Å²) >= 11 is 0. The molecule has 0 fully saturated rings. The fraction of sp³-hybridized carbons (Fsp3) is 0.375. The number of furan rings is 1. The predicted molar refractivity (Wildman–Crippen MR) is 79.6 cm³/mol. The molecule has 0 spiro atoms. The van der Waals surface area contributed by atoms with Gasteiger partial charge in [-0.05, 0) is 37.3 Å². The Morgan fingerprint density at radius 3 is 2.67 bits per heavy atom. The molecule has 114 valence electrons. The molecule has 0 amide bonds. The van der Waals surface area contributed by atoms with Crippen LogP contribution in [0.25, 0.3) is 0 Å². The molecule has 0 aliphatic carbocycles. The summed E-state index contributed by atoms with van der Waals surface area (Å²) in [7, 11) is 3.17. The molecule has 2 rings (SSSR count). The number of hydrogen-bond acceptors (Lipinski definition) is 5. The molecule has 0 bridgehead atoms. The lowest BCUT2D eigenvalue weighted by atomic mass is 10.1. The Morgan fingerprint density at radius 2 is 2.05 bits per heavy atom. The van der Waals surface area contributed by atoms with Gasteiger partial charge in [-0.25, -0.2) is 0 Å². The molecular formula is C16H21NO4. The standard InChI is InChI=1S/C16H21NO4/c1-11(15-5-4-8-21-15)17-10-14(18)13-9-12(19-2)6-7-16(13)20-3/h4-9,11,14,17-18H,10H2,1-3H3. The van der Waals surface area contributed by atoms with Gasteiger partial charge in [-0.2, -0.15) is 0 Å². The molecule has 0 saturated carbocycles. The van der Waals surface area contributed by atoms with Crippen LogP contribution in [-0.4, -0.2) is 25.9 Å². The summed E-state index contributed by atoms with van der Waals surface area (Å²) in [6, 6.07) is 9.13. The molecule has 2 aromatic rings. The van der Waals surface area contributed by atoms with E-state index >= 15 is 0 Å². The van der Waals surface area contributed by atoms with Crippen molar-refractivity contribution in [2.75, 3.05) is 20.8 Å². The maximum Gasteiger partial charge on any atom is 0.124 e. The lowest BCUT2D eigenvalue weighted by Crippen LogP contribution is -2.24. The van der Waals surface area contributed by atoms with Crippen molar-refractivity contribution in [2.24, 2.45) is 0 Å². The zero-order chi connectivity index (χ0) is 15.2. The third-order valence-corrected chi connectivity index (χ3v) is 3.38. The van der Waals surface area contributed by atoms with Gasteiger partial charge in [-0.15, -0.1) is 0 Å². The molecular weight excluding hydrogens is 270 g/mol. The van der Waals surface area contributed by atoms with Crippen LogP contribution in [0.15, 0.2) is 41.0 Å². The van der Waals surface area contributed by atoms with Gasteiger partial charge in [0, 0.05) is 12.1 Å². The summed E-state index contributed by atoms with van der Waals surface area (Å²) in [6.07, 6.45) is 0.933. The quantitative estimate of drug-likeness (QED) is 0.821. The third kappa shape index (κ3) is 3.77. The zero-order valence-corrected chi connectivity index (χ0v) is 12.5. The monoisotopic (exact) mass is 291 g/mol. The first kappa shape index (κ1) is 15.4. The molecule has 1 heterocycles. The second kappa shape index (κ2) is 7.15. The minimum absolute atomic E-state index is 0.0197. The molecule has 1 aromatic heterocycles. The Balaban J connectivity index is 2.04. The fourth-order valence-electron chi connectivity index (χ4n) is 2.14. The van der Waals surface area contributed by atoms with Gasteiger partial charge >= 0.3 is 0 Å². The molecule has 0 radical (unpaired) electrons. The largest absolute Gasteiger partial charge is 0.497 e. The van der Waals surface area contributed by atoms with E-state index in [4.69, 9.17) is 13.9 Å². The number of aliphatic hydroxyl groups is 1. The fourth-order valence-corrected chi connectivity index (χ4v) is 2.14. The number of aliphatic hydroxyl groups excluding tert-OH is 1. The van der Waals surface area contributed by atoms with Crippen LogP contribution in [0.5, 0.6) is 11.5 Å². The van der Waals surface area contributed by atoms with Crippen molar-refractivity contribution in [2.45, 2.75) is 19.1 Å². The molecule has 5 heteroatoms. The highest BCUT2D eigenvalue weighted by molar-refractivity contribution is 5.41. The number of methoxy groups -OCH3 is 2. The highest BCUT2D eigenvalue weighted by atomic mass is 16.5. The third-order valence-electron chi connectivity index (χ3n) is 3.38. The average Bonchev–Trinajstić information content (AvgIpc) is 3.06. The molecule has 2 atom stereocenters.